The third kappa shape index (κ3) is 9.32. The summed E-state index contributed by atoms with van der Waals surface area (Å²) in [5, 5.41) is 12.0. The fourth-order valence-corrected chi connectivity index (χ4v) is 9.22. The lowest BCUT2D eigenvalue weighted by molar-refractivity contribution is -0.139. The van der Waals surface area contributed by atoms with E-state index in [2.05, 4.69) is 19.2 Å². The summed E-state index contributed by atoms with van der Waals surface area (Å²) in [5.41, 5.74) is -2.43. The molecule has 0 aliphatic heterocycles. The quantitative estimate of drug-likeness (QED) is 0.375. The SMILES string of the molecule is CCCCSP(=O)(CNC(CC)C(=O)O)SCCCC. The van der Waals surface area contributed by atoms with Crippen LogP contribution in [-0.2, 0) is 9.36 Å². The molecule has 0 radical (unpaired) electrons. The zero-order valence-corrected chi connectivity index (χ0v) is 15.3. The van der Waals surface area contributed by atoms with Crippen molar-refractivity contribution in [2.24, 2.45) is 0 Å². The topological polar surface area (TPSA) is 66.4 Å². The Kier molecular flexibility index (Phi) is 12.2. The minimum Gasteiger partial charge on any atom is -0.480 e. The van der Waals surface area contributed by atoms with Gasteiger partial charge in [0.2, 0.25) is 5.55 Å². The molecule has 120 valence electrons. The first kappa shape index (κ1) is 20.4. The van der Waals surface area contributed by atoms with Gasteiger partial charge >= 0.3 is 5.97 Å². The van der Waals surface area contributed by atoms with Crippen LogP contribution in [0.2, 0.25) is 0 Å². The first-order valence-corrected chi connectivity index (χ1v) is 12.4. The number of carbonyl (C=O) groups is 1. The molecule has 0 saturated heterocycles. The van der Waals surface area contributed by atoms with E-state index >= 15 is 0 Å². The Morgan fingerprint density at radius 3 is 2.00 bits per heavy atom. The second-order valence-electron chi connectivity index (χ2n) is 4.65. The van der Waals surface area contributed by atoms with Crippen molar-refractivity contribution in [2.45, 2.75) is 58.9 Å². The second-order valence-corrected chi connectivity index (χ2v) is 13.3. The molecule has 0 heterocycles. The van der Waals surface area contributed by atoms with Gasteiger partial charge in [-0.25, -0.2) is 0 Å². The number of unbranched alkanes of at least 4 members (excludes halogenated alkanes) is 2. The van der Waals surface area contributed by atoms with Crippen molar-refractivity contribution in [3.63, 3.8) is 0 Å². The summed E-state index contributed by atoms with van der Waals surface area (Å²) in [6.07, 6.45) is 5.10. The van der Waals surface area contributed by atoms with Gasteiger partial charge in [-0.2, -0.15) is 0 Å². The molecule has 0 aliphatic carbocycles. The molecule has 0 aromatic rings. The first-order chi connectivity index (χ1) is 9.49. The molecule has 1 unspecified atom stereocenters. The molecule has 0 amide bonds. The number of hydrogen-bond donors (Lipinski definition) is 2. The summed E-state index contributed by atoms with van der Waals surface area (Å²) < 4.78 is 12.9. The van der Waals surface area contributed by atoms with Gasteiger partial charge in [-0.05, 0) is 19.3 Å². The molecule has 0 spiro atoms. The highest BCUT2D eigenvalue weighted by atomic mass is 33.1. The molecule has 7 heteroatoms. The summed E-state index contributed by atoms with van der Waals surface area (Å²) in [7, 11) is 0. The Labute approximate surface area is 131 Å². The van der Waals surface area contributed by atoms with Crippen LogP contribution in [-0.4, -0.2) is 34.9 Å². The van der Waals surface area contributed by atoms with Crippen LogP contribution in [0.15, 0.2) is 0 Å². The zero-order valence-electron chi connectivity index (χ0n) is 12.8. The molecule has 1 atom stereocenters. The van der Waals surface area contributed by atoms with Gasteiger partial charge in [0.1, 0.15) is 6.04 Å². The molecule has 4 nitrogen and oxygen atoms in total. The standard InChI is InChI=1S/C13H28NO3PS2/c1-4-7-9-19-18(17,20-10-8-5-2)11-14-12(6-3)13(15)16/h12,14H,4-11H2,1-3H3,(H,15,16). The minimum absolute atomic E-state index is 0.306. The first-order valence-electron chi connectivity index (χ1n) is 7.33. The van der Waals surface area contributed by atoms with Gasteiger partial charge in [-0.1, -0.05) is 56.4 Å². The summed E-state index contributed by atoms with van der Waals surface area (Å²) in [6, 6.07) is -0.595. The highest BCUT2D eigenvalue weighted by molar-refractivity contribution is 8.90. The fraction of sp³-hybridized carbons (Fsp3) is 0.923. The zero-order chi connectivity index (χ0) is 15.4. The van der Waals surface area contributed by atoms with Gasteiger partial charge in [-0.15, -0.1) is 0 Å². The molecule has 20 heavy (non-hydrogen) atoms. The van der Waals surface area contributed by atoms with E-state index in [1.807, 2.05) is 6.92 Å². The lowest BCUT2D eigenvalue weighted by Crippen LogP contribution is -2.36. The van der Waals surface area contributed by atoms with Crippen molar-refractivity contribution in [3.8, 4) is 0 Å². The second kappa shape index (κ2) is 12.0. The van der Waals surface area contributed by atoms with Crippen molar-refractivity contribution in [1.29, 1.82) is 0 Å². The summed E-state index contributed by atoms with van der Waals surface area (Å²) in [5.74, 6) is 0.910. The van der Waals surface area contributed by atoms with Crippen molar-refractivity contribution in [2.75, 3.05) is 17.8 Å². The van der Waals surface area contributed by atoms with Crippen LogP contribution >= 0.6 is 28.3 Å². The third-order valence-corrected chi connectivity index (χ3v) is 11.2. The Bertz CT molecular complexity index is 302. The van der Waals surface area contributed by atoms with Crippen molar-refractivity contribution in [1.82, 2.24) is 5.32 Å². The third-order valence-electron chi connectivity index (χ3n) is 2.81. The van der Waals surface area contributed by atoms with E-state index in [9.17, 15) is 9.36 Å². The maximum absolute atomic E-state index is 12.9. The van der Waals surface area contributed by atoms with E-state index in [0.717, 1.165) is 37.2 Å². The number of rotatable bonds is 13. The van der Waals surface area contributed by atoms with Gasteiger partial charge in [0.15, 0.2) is 0 Å². The van der Waals surface area contributed by atoms with E-state index in [4.69, 9.17) is 5.11 Å². The number of aliphatic carboxylic acids is 1. The molecule has 0 aromatic carbocycles. The average Bonchev–Trinajstić information content (AvgIpc) is 2.40. The Balaban J connectivity index is 4.41. The van der Waals surface area contributed by atoms with Crippen LogP contribution in [0, 0.1) is 0 Å². The Hall–Kier alpha value is 0.360. The fourth-order valence-electron chi connectivity index (χ4n) is 1.45. The van der Waals surface area contributed by atoms with Gasteiger partial charge in [-0.3, -0.25) is 14.7 Å². The number of carboxylic acids is 1. The predicted molar refractivity (Wildman–Crippen MR) is 92.1 cm³/mol. The Morgan fingerprint density at radius 2 is 1.65 bits per heavy atom. The van der Waals surface area contributed by atoms with E-state index < -0.39 is 17.6 Å². The summed E-state index contributed by atoms with van der Waals surface area (Å²) >= 11 is 3.05. The highest BCUT2D eigenvalue weighted by Crippen LogP contribution is 2.68. The molecule has 0 aliphatic rings. The number of hydrogen-bond acceptors (Lipinski definition) is 5. The molecule has 0 saturated carbocycles. The molecular formula is C13H28NO3PS2. The van der Waals surface area contributed by atoms with Crippen LogP contribution in [0.4, 0.5) is 0 Å². The molecule has 0 rings (SSSR count). The van der Waals surface area contributed by atoms with Gasteiger partial charge in [0.25, 0.3) is 0 Å². The maximum Gasteiger partial charge on any atom is 0.320 e. The maximum atomic E-state index is 12.9. The van der Waals surface area contributed by atoms with Crippen LogP contribution in [0.1, 0.15) is 52.9 Å². The van der Waals surface area contributed by atoms with Crippen LogP contribution in [0.3, 0.4) is 0 Å². The van der Waals surface area contributed by atoms with Crippen molar-refractivity contribution in [3.05, 3.63) is 0 Å². The predicted octanol–water partition coefficient (Wildman–Crippen LogP) is 4.66. The normalized spacial score (nSPS) is 13.3. The minimum atomic E-state index is -2.43. The number of nitrogens with one attached hydrogen (secondary N) is 1. The molecule has 0 bridgehead atoms. The van der Waals surface area contributed by atoms with Crippen molar-refractivity contribution < 1.29 is 14.5 Å². The van der Waals surface area contributed by atoms with E-state index in [0.29, 0.717) is 12.7 Å². The van der Waals surface area contributed by atoms with Gasteiger partial charge in [0.05, 0.1) is 6.29 Å². The molecule has 2 N–H and O–H groups in total. The van der Waals surface area contributed by atoms with Crippen LogP contribution in [0.5, 0.6) is 0 Å². The molecule has 0 fully saturated rings. The molecular weight excluding hydrogens is 313 g/mol. The summed E-state index contributed by atoms with van der Waals surface area (Å²) in [6.45, 7) is 6.06. The van der Waals surface area contributed by atoms with Crippen molar-refractivity contribution >= 4 is 34.3 Å². The smallest absolute Gasteiger partial charge is 0.320 e. The lowest BCUT2D eigenvalue weighted by Gasteiger charge is -2.20. The van der Waals surface area contributed by atoms with Crippen LogP contribution < -0.4 is 5.32 Å². The average molecular weight is 341 g/mol. The largest absolute Gasteiger partial charge is 0.480 e. The number of carboxylic acid groups (broad SMARTS) is 1. The van der Waals surface area contributed by atoms with Gasteiger partial charge < -0.3 is 5.11 Å². The Morgan fingerprint density at radius 1 is 1.15 bits per heavy atom. The van der Waals surface area contributed by atoms with Gasteiger partial charge in [0, 0.05) is 11.5 Å². The molecule has 0 aromatic heterocycles. The van der Waals surface area contributed by atoms with E-state index in [-0.39, 0.29) is 0 Å². The highest BCUT2D eigenvalue weighted by Gasteiger charge is 2.25. The summed E-state index contributed by atoms with van der Waals surface area (Å²) in [4.78, 5) is 11.0. The van der Waals surface area contributed by atoms with E-state index in [1.54, 1.807) is 0 Å². The van der Waals surface area contributed by atoms with E-state index in [1.165, 1.54) is 22.8 Å². The monoisotopic (exact) mass is 341 g/mol. The van der Waals surface area contributed by atoms with Crippen LogP contribution in [0.25, 0.3) is 0 Å². The lowest BCUT2D eigenvalue weighted by atomic mass is 10.2.